The number of ether oxygens (including phenoxy) is 3. The van der Waals surface area contributed by atoms with Crippen LogP contribution in [0.3, 0.4) is 0 Å². The highest BCUT2D eigenvalue weighted by Gasteiger charge is 2.14. The van der Waals surface area contributed by atoms with Crippen molar-refractivity contribution in [2.24, 2.45) is 0 Å². The Balaban J connectivity index is 1.50. The van der Waals surface area contributed by atoms with Gasteiger partial charge in [0.2, 0.25) is 5.91 Å². The van der Waals surface area contributed by atoms with Crippen molar-refractivity contribution in [1.82, 2.24) is 10.3 Å². The van der Waals surface area contributed by atoms with Crippen molar-refractivity contribution >= 4 is 39.8 Å². The predicted octanol–water partition coefficient (Wildman–Crippen LogP) is 5.72. The summed E-state index contributed by atoms with van der Waals surface area (Å²) in [6.07, 6.45) is 1.95. The topological polar surface area (TPSA) is 81.7 Å². The van der Waals surface area contributed by atoms with Crippen molar-refractivity contribution in [2.45, 2.75) is 20.3 Å². The Morgan fingerprint density at radius 1 is 0.889 bits per heavy atom. The van der Waals surface area contributed by atoms with Crippen molar-refractivity contribution in [2.75, 3.05) is 19.5 Å². The molecule has 0 saturated heterocycles. The summed E-state index contributed by atoms with van der Waals surface area (Å²) in [5.41, 5.74) is 4.25. The molecule has 184 valence electrons. The molecule has 1 aromatic heterocycles. The summed E-state index contributed by atoms with van der Waals surface area (Å²) in [6, 6.07) is 18.9. The molecule has 0 saturated carbocycles. The van der Waals surface area contributed by atoms with Gasteiger partial charge in [0, 0.05) is 23.3 Å². The number of methoxy groups -OCH3 is 2. The van der Waals surface area contributed by atoms with Crippen molar-refractivity contribution < 1.29 is 19.0 Å². The first-order valence-electron chi connectivity index (χ1n) is 11.3. The third-order valence-corrected chi connectivity index (χ3v) is 5.86. The van der Waals surface area contributed by atoms with Gasteiger partial charge in [-0.3, -0.25) is 9.78 Å². The number of carbonyl (C=O) groups is 1. The van der Waals surface area contributed by atoms with Crippen molar-refractivity contribution in [3.05, 3.63) is 83.6 Å². The molecule has 1 amide bonds. The molecule has 0 bridgehead atoms. The molecule has 8 heteroatoms. The number of nitrogens with one attached hydrogen (secondary N) is 2. The average molecular weight is 502 g/mol. The molecule has 0 aliphatic heterocycles. The number of amides is 1. The maximum atomic E-state index is 12.3. The highest BCUT2D eigenvalue weighted by molar-refractivity contribution is 7.80. The molecular weight excluding hydrogens is 474 g/mol. The van der Waals surface area contributed by atoms with Gasteiger partial charge < -0.3 is 24.8 Å². The Bertz CT molecular complexity index is 1420. The van der Waals surface area contributed by atoms with Crippen LogP contribution in [0.2, 0.25) is 0 Å². The fourth-order valence-corrected chi connectivity index (χ4v) is 4.02. The largest absolute Gasteiger partial charge is 0.493 e. The van der Waals surface area contributed by atoms with Gasteiger partial charge in [-0.25, -0.2) is 0 Å². The monoisotopic (exact) mass is 501 g/mol. The molecule has 0 fully saturated rings. The van der Waals surface area contributed by atoms with E-state index in [-0.39, 0.29) is 17.4 Å². The molecule has 2 N–H and O–H groups in total. The highest BCUT2D eigenvalue weighted by Crippen LogP contribution is 2.38. The standard InChI is InChI=1S/C28H27N3O4S/c1-17-13-24(35-23-10-11-29-22-16-26(34-4)25(33-3)15-20(22)23)18(2)12-21(17)30-28(36)31-27(32)14-19-8-6-5-7-9-19/h5-13,15-16H,14H2,1-4H3,(H2,30,31,32,36). The molecule has 0 radical (unpaired) electrons. The van der Waals surface area contributed by atoms with Crippen LogP contribution in [0.15, 0.2) is 66.9 Å². The molecule has 0 atom stereocenters. The number of fused-ring (bicyclic) bond motifs is 1. The summed E-state index contributed by atoms with van der Waals surface area (Å²) in [6.45, 7) is 3.89. The number of benzene rings is 3. The summed E-state index contributed by atoms with van der Waals surface area (Å²) >= 11 is 5.36. The molecule has 4 rings (SSSR count). The van der Waals surface area contributed by atoms with Crippen molar-refractivity contribution in [3.8, 4) is 23.0 Å². The van der Waals surface area contributed by atoms with Crippen LogP contribution in [-0.4, -0.2) is 30.2 Å². The minimum absolute atomic E-state index is 0.176. The van der Waals surface area contributed by atoms with E-state index in [1.165, 1.54) is 0 Å². The Morgan fingerprint density at radius 3 is 2.33 bits per heavy atom. The second kappa shape index (κ2) is 11.0. The van der Waals surface area contributed by atoms with Crippen LogP contribution in [0.25, 0.3) is 10.9 Å². The van der Waals surface area contributed by atoms with E-state index >= 15 is 0 Å². The van der Waals surface area contributed by atoms with Gasteiger partial charge in [-0.05, 0) is 67.0 Å². The maximum Gasteiger partial charge on any atom is 0.230 e. The maximum absolute atomic E-state index is 12.3. The van der Waals surface area contributed by atoms with E-state index in [0.717, 1.165) is 33.3 Å². The molecule has 0 aliphatic rings. The SMILES string of the molecule is COc1cc2nccc(Oc3cc(C)c(NC(=S)NC(=O)Cc4ccccc4)cc3C)c2cc1OC. The number of anilines is 1. The predicted molar refractivity (Wildman–Crippen MR) is 145 cm³/mol. The fraction of sp³-hybridized carbons (Fsp3) is 0.179. The number of aromatic nitrogens is 1. The first-order valence-corrected chi connectivity index (χ1v) is 11.7. The van der Waals surface area contributed by atoms with Crippen molar-refractivity contribution in [3.63, 3.8) is 0 Å². The summed E-state index contributed by atoms with van der Waals surface area (Å²) in [5, 5.41) is 6.91. The number of carbonyl (C=O) groups excluding carboxylic acids is 1. The highest BCUT2D eigenvalue weighted by atomic mass is 32.1. The third-order valence-electron chi connectivity index (χ3n) is 5.66. The van der Waals surface area contributed by atoms with Crippen molar-refractivity contribution in [1.29, 1.82) is 0 Å². The quantitative estimate of drug-likeness (QED) is 0.314. The zero-order chi connectivity index (χ0) is 25.7. The van der Waals surface area contributed by atoms with Crippen LogP contribution >= 0.6 is 12.2 Å². The van der Waals surface area contributed by atoms with Gasteiger partial charge in [-0.1, -0.05) is 30.3 Å². The number of hydrogen-bond acceptors (Lipinski definition) is 6. The smallest absolute Gasteiger partial charge is 0.230 e. The number of nitrogens with zero attached hydrogens (tertiary/aromatic N) is 1. The van der Waals surface area contributed by atoms with Crippen LogP contribution in [0, 0.1) is 13.8 Å². The molecule has 36 heavy (non-hydrogen) atoms. The molecule has 0 unspecified atom stereocenters. The lowest BCUT2D eigenvalue weighted by atomic mass is 10.1. The average Bonchev–Trinajstić information content (AvgIpc) is 2.86. The van der Waals surface area contributed by atoms with Gasteiger partial charge in [0.1, 0.15) is 11.5 Å². The van der Waals surface area contributed by atoms with Gasteiger partial charge in [0.25, 0.3) is 0 Å². The number of pyridine rings is 1. The van der Waals surface area contributed by atoms with Gasteiger partial charge in [0.05, 0.1) is 26.2 Å². The second-order valence-corrected chi connectivity index (χ2v) is 8.64. The third kappa shape index (κ3) is 5.72. The first-order chi connectivity index (χ1) is 17.4. The minimum atomic E-state index is -0.176. The van der Waals surface area contributed by atoms with E-state index in [1.54, 1.807) is 20.4 Å². The van der Waals surface area contributed by atoms with E-state index < -0.39 is 0 Å². The number of aryl methyl sites for hydroxylation is 2. The van der Waals surface area contributed by atoms with Gasteiger partial charge >= 0.3 is 0 Å². The summed E-state index contributed by atoms with van der Waals surface area (Å²) in [5.74, 6) is 2.36. The Kier molecular flexibility index (Phi) is 7.65. The zero-order valence-electron chi connectivity index (χ0n) is 20.5. The van der Waals surface area contributed by atoms with Gasteiger partial charge in [-0.15, -0.1) is 0 Å². The molecule has 1 heterocycles. The summed E-state index contributed by atoms with van der Waals surface area (Å²) in [4.78, 5) is 16.8. The molecular formula is C28H27N3O4S. The lowest BCUT2D eigenvalue weighted by molar-refractivity contribution is -0.119. The van der Waals surface area contributed by atoms with E-state index in [4.69, 9.17) is 26.4 Å². The van der Waals surface area contributed by atoms with E-state index in [1.807, 2.05) is 74.5 Å². The Morgan fingerprint density at radius 2 is 1.61 bits per heavy atom. The number of hydrogen-bond donors (Lipinski definition) is 2. The number of thiocarbonyl (C=S) groups is 1. The van der Waals surface area contributed by atoms with Crippen LogP contribution in [0.5, 0.6) is 23.0 Å². The fourth-order valence-electron chi connectivity index (χ4n) is 3.79. The molecule has 0 spiro atoms. The zero-order valence-corrected chi connectivity index (χ0v) is 21.4. The second-order valence-electron chi connectivity index (χ2n) is 8.23. The molecule has 3 aromatic carbocycles. The molecule has 0 aliphatic carbocycles. The van der Waals surface area contributed by atoms with Gasteiger partial charge in [-0.2, -0.15) is 0 Å². The van der Waals surface area contributed by atoms with Crippen LogP contribution in [0.1, 0.15) is 16.7 Å². The summed E-state index contributed by atoms with van der Waals surface area (Å²) < 4.78 is 17.1. The lowest BCUT2D eigenvalue weighted by Gasteiger charge is -2.17. The number of rotatable bonds is 7. The molecule has 4 aromatic rings. The first kappa shape index (κ1) is 24.9. The summed E-state index contributed by atoms with van der Waals surface area (Å²) in [7, 11) is 3.18. The lowest BCUT2D eigenvalue weighted by Crippen LogP contribution is -2.35. The van der Waals surface area contributed by atoms with Crippen LogP contribution in [0.4, 0.5) is 5.69 Å². The Labute approximate surface area is 215 Å². The minimum Gasteiger partial charge on any atom is -0.493 e. The normalized spacial score (nSPS) is 10.6. The Hall–Kier alpha value is -4.17. The van der Waals surface area contributed by atoms with Gasteiger partial charge in [0.15, 0.2) is 16.6 Å². The van der Waals surface area contributed by atoms with E-state index in [9.17, 15) is 4.79 Å². The van der Waals surface area contributed by atoms with E-state index in [0.29, 0.717) is 23.0 Å². The van der Waals surface area contributed by atoms with Crippen LogP contribution < -0.4 is 24.8 Å². The molecule has 7 nitrogen and oxygen atoms in total. The van der Waals surface area contributed by atoms with E-state index in [2.05, 4.69) is 15.6 Å². The van der Waals surface area contributed by atoms with Crippen LogP contribution in [-0.2, 0) is 11.2 Å².